The highest BCUT2D eigenvalue weighted by Gasteiger charge is 2.21. The Morgan fingerprint density at radius 1 is 1.13 bits per heavy atom. The van der Waals surface area contributed by atoms with Crippen LogP contribution >= 0.6 is 0 Å². The predicted octanol–water partition coefficient (Wildman–Crippen LogP) is 3.50. The molecule has 0 saturated heterocycles. The number of nitrogen functional groups attached to an aromatic ring is 1. The van der Waals surface area contributed by atoms with E-state index in [1.807, 2.05) is 0 Å². The summed E-state index contributed by atoms with van der Waals surface area (Å²) in [5.74, 6) is 4.19. The van der Waals surface area contributed by atoms with Gasteiger partial charge in [0.2, 0.25) is 0 Å². The van der Waals surface area contributed by atoms with E-state index in [1.165, 1.54) is 15.6 Å². The van der Waals surface area contributed by atoms with Gasteiger partial charge < -0.3 is 25.0 Å². The Balaban J connectivity index is 1.99. The Morgan fingerprint density at radius 3 is 2.60 bits per heavy atom. The number of H-pyrrole nitrogens is 1. The van der Waals surface area contributed by atoms with Gasteiger partial charge in [0, 0.05) is 49.1 Å². The van der Waals surface area contributed by atoms with Gasteiger partial charge in [-0.3, -0.25) is 4.79 Å². The first kappa shape index (κ1) is 19.5. The number of anilines is 2. The smallest absolute Gasteiger partial charge is 0.274 e. The largest absolute Gasteiger partial charge is 0.451 e. The van der Waals surface area contributed by atoms with Gasteiger partial charge >= 0.3 is 0 Å². The van der Waals surface area contributed by atoms with Crippen molar-refractivity contribution in [3.63, 3.8) is 0 Å². The molecule has 0 aliphatic carbocycles. The SMILES string of the molecule is CN(N)c1ccc(-c2cn(C)c(=O)c3[nH]ccc23)c(Oc2ccc(F)cc2F)c1N. The lowest BCUT2D eigenvalue weighted by atomic mass is 10.0. The summed E-state index contributed by atoms with van der Waals surface area (Å²) in [7, 11) is 3.22. The van der Waals surface area contributed by atoms with Gasteiger partial charge in [-0.15, -0.1) is 0 Å². The lowest BCUT2D eigenvalue weighted by Gasteiger charge is -2.21. The van der Waals surface area contributed by atoms with E-state index in [-0.39, 0.29) is 22.7 Å². The predicted molar refractivity (Wildman–Crippen MR) is 112 cm³/mol. The fraction of sp³-hybridized carbons (Fsp3) is 0.0952. The zero-order valence-corrected chi connectivity index (χ0v) is 16.2. The molecule has 0 radical (unpaired) electrons. The molecule has 0 amide bonds. The fourth-order valence-corrected chi connectivity index (χ4v) is 3.37. The third-order valence-corrected chi connectivity index (χ3v) is 4.84. The van der Waals surface area contributed by atoms with Gasteiger partial charge in [0.1, 0.15) is 17.0 Å². The number of nitrogens with two attached hydrogens (primary N) is 2. The normalized spacial score (nSPS) is 11.1. The van der Waals surface area contributed by atoms with Crippen LogP contribution in [0.4, 0.5) is 20.2 Å². The molecular formula is C21H19F2N5O2. The Hall–Kier alpha value is -3.85. The molecule has 0 unspecified atom stereocenters. The van der Waals surface area contributed by atoms with Gasteiger partial charge in [0.05, 0.1) is 5.69 Å². The van der Waals surface area contributed by atoms with E-state index in [4.69, 9.17) is 16.3 Å². The number of ether oxygens (including phenoxy) is 1. The minimum atomic E-state index is -0.876. The number of rotatable bonds is 4. The number of aromatic nitrogens is 2. The van der Waals surface area contributed by atoms with Gasteiger partial charge in [0.25, 0.3) is 5.56 Å². The molecule has 154 valence electrons. The maximum Gasteiger partial charge on any atom is 0.274 e. The summed E-state index contributed by atoms with van der Waals surface area (Å²) >= 11 is 0. The van der Waals surface area contributed by atoms with Crippen molar-refractivity contribution in [1.29, 1.82) is 0 Å². The molecule has 9 heteroatoms. The minimum Gasteiger partial charge on any atom is -0.451 e. The summed E-state index contributed by atoms with van der Waals surface area (Å²) in [5.41, 5.74) is 8.30. The minimum absolute atomic E-state index is 0.136. The van der Waals surface area contributed by atoms with Gasteiger partial charge in [-0.25, -0.2) is 14.6 Å². The summed E-state index contributed by atoms with van der Waals surface area (Å²) in [6, 6.07) is 8.16. The number of fused-ring (bicyclic) bond motifs is 1. The summed E-state index contributed by atoms with van der Waals surface area (Å²) in [6.45, 7) is 0. The van der Waals surface area contributed by atoms with Gasteiger partial charge in [-0.05, 0) is 30.3 Å². The van der Waals surface area contributed by atoms with E-state index in [2.05, 4.69) is 4.98 Å². The van der Waals surface area contributed by atoms with Gasteiger partial charge in [0.15, 0.2) is 17.3 Å². The first-order chi connectivity index (χ1) is 14.3. The third-order valence-electron chi connectivity index (χ3n) is 4.84. The maximum atomic E-state index is 14.3. The molecule has 2 aromatic heterocycles. The Labute approximate surface area is 170 Å². The molecule has 4 aromatic rings. The second-order valence-electron chi connectivity index (χ2n) is 6.89. The number of hydrazine groups is 1. The summed E-state index contributed by atoms with van der Waals surface area (Å²) in [4.78, 5) is 15.3. The molecule has 0 aliphatic rings. The molecule has 0 saturated carbocycles. The number of halogens is 2. The monoisotopic (exact) mass is 411 g/mol. The lowest BCUT2D eigenvalue weighted by molar-refractivity contribution is 0.440. The zero-order chi connectivity index (χ0) is 21.6. The molecule has 0 atom stereocenters. The van der Waals surface area contributed by atoms with Gasteiger partial charge in [-0.1, -0.05) is 0 Å². The molecule has 0 bridgehead atoms. The van der Waals surface area contributed by atoms with E-state index in [0.29, 0.717) is 27.7 Å². The van der Waals surface area contributed by atoms with Crippen LogP contribution in [0.1, 0.15) is 0 Å². The molecule has 2 heterocycles. The van der Waals surface area contributed by atoms with E-state index < -0.39 is 11.6 Å². The van der Waals surface area contributed by atoms with E-state index in [1.54, 1.807) is 44.7 Å². The zero-order valence-electron chi connectivity index (χ0n) is 16.2. The van der Waals surface area contributed by atoms with Crippen molar-refractivity contribution in [2.75, 3.05) is 17.8 Å². The van der Waals surface area contributed by atoms with E-state index >= 15 is 0 Å². The van der Waals surface area contributed by atoms with Crippen LogP contribution in [-0.4, -0.2) is 16.6 Å². The maximum absolute atomic E-state index is 14.3. The number of benzene rings is 2. The van der Waals surface area contributed by atoms with Crippen molar-refractivity contribution in [1.82, 2.24) is 9.55 Å². The molecular weight excluding hydrogens is 392 g/mol. The van der Waals surface area contributed by atoms with Crippen LogP contribution in [0.25, 0.3) is 22.0 Å². The Bertz CT molecular complexity index is 1330. The Kier molecular flexibility index (Phi) is 4.67. The highest BCUT2D eigenvalue weighted by molar-refractivity contribution is 5.98. The van der Waals surface area contributed by atoms with Crippen LogP contribution in [0.3, 0.4) is 0 Å². The van der Waals surface area contributed by atoms with E-state index in [9.17, 15) is 13.6 Å². The van der Waals surface area contributed by atoms with E-state index in [0.717, 1.165) is 12.1 Å². The van der Waals surface area contributed by atoms with Crippen molar-refractivity contribution in [2.24, 2.45) is 12.9 Å². The van der Waals surface area contributed by atoms with Crippen molar-refractivity contribution >= 4 is 22.3 Å². The van der Waals surface area contributed by atoms with Crippen molar-refractivity contribution in [3.05, 3.63) is 70.8 Å². The fourth-order valence-electron chi connectivity index (χ4n) is 3.37. The number of aryl methyl sites for hydroxylation is 1. The number of nitrogens with one attached hydrogen (secondary N) is 1. The summed E-state index contributed by atoms with van der Waals surface area (Å²) in [5, 5.41) is 1.95. The van der Waals surface area contributed by atoms with Crippen molar-refractivity contribution in [3.8, 4) is 22.6 Å². The number of hydrogen-bond acceptors (Lipinski definition) is 5. The van der Waals surface area contributed by atoms with Gasteiger partial charge in [-0.2, -0.15) is 0 Å². The molecule has 5 N–H and O–H groups in total. The number of pyridine rings is 1. The summed E-state index contributed by atoms with van der Waals surface area (Å²) < 4.78 is 34.9. The summed E-state index contributed by atoms with van der Waals surface area (Å²) in [6.07, 6.45) is 3.30. The van der Waals surface area contributed by atoms with Crippen LogP contribution < -0.4 is 26.9 Å². The number of nitrogens with zero attached hydrogens (tertiary/aromatic N) is 2. The van der Waals surface area contributed by atoms with Crippen molar-refractivity contribution in [2.45, 2.75) is 0 Å². The van der Waals surface area contributed by atoms with Crippen LogP contribution in [0.15, 0.2) is 53.6 Å². The lowest BCUT2D eigenvalue weighted by Crippen LogP contribution is -2.26. The molecule has 4 rings (SSSR count). The highest BCUT2D eigenvalue weighted by atomic mass is 19.1. The second kappa shape index (κ2) is 7.20. The topological polar surface area (TPSA) is 102 Å². The average molecular weight is 411 g/mol. The van der Waals surface area contributed by atoms with Crippen LogP contribution in [0.2, 0.25) is 0 Å². The first-order valence-electron chi connectivity index (χ1n) is 8.99. The third kappa shape index (κ3) is 3.15. The number of aromatic amines is 1. The standard InChI is InChI=1S/C21H19F2N5O2/c1-27-10-14(12-7-8-26-19(12)21(27)29)13-4-5-16(28(2)25)18(24)20(13)30-17-6-3-11(22)9-15(17)23/h3-10,26H,24-25H2,1-2H3. The Morgan fingerprint density at radius 2 is 1.90 bits per heavy atom. The number of hydrogen-bond donors (Lipinski definition) is 3. The van der Waals surface area contributed by atoms with Crippen LogP contribution in [0.5, 0.6) is 11.5 Å². The molecule has 7 nitrogen and oxygen atoms in total. The quantitative estimate of drug-likeness (QED) is 0.271. The molecule has 2 aromatic carbocycles. The first-order valence-corrected chi connectivity index (χ1v) is 8.99. The second-order valence-corrected chi connectivity index (χ2v) is 6.89. The molecule has 0 aliphatic heterocycles. The van der Waals surface area contributed by atoms with Crippen LogP contribution in [-0.2, 0) is 7.05 Å². The molecule has 0 fully saturated rings. The molecule has 0 spiro atoms. The van der Waals surface area contributed by atoms with Crippen molar-refractivity contribution < 1.29 is 13.5 Å². The molecule has 30 heavy (non-hydrogen) atoms. The average Bonchev–Trinajstić information content (AvgIpc) is 3.18. The van der Waals surface area contributed by atoms with Crippen LogP contribution in [0, 0.1) is 11.6 Å². The highest BCUT2D eigenvalue weighted by Crippen LogP contribution is 2.44.